The van der Waals surface area contributed by atoms with Crippen molar-refractivity contribution in [2.45, 2.75) is 0 Å². The zero-order valence-corrected chi connectivity index (χ0v) is 6.19. The van der Waals surface area contributed by atoms with Gasteiger partial charge in [-0.05, 0) is 0 Å². The zero-order valence-electron chi connectivity index (χ0n) is 4.48. The van der Waals surface area contributed by atoms with Crippen LogP contribution >= 0.6 is 8.69 Å². The third kappa shape index (κ3) is 4.27. The van der Waals surface area contributed by atoms with E-state index in [1.807, 2.05) is 0 Å². The fourth-order valence-electron chi connectivity index (χ4n) is 0.221. The summed E-state index contributed by atoms with van der Waals surface area (Å²) in [6, 6.07) is 0. The summed E-state index contributed by atoms with van der Waals surface area (Å²) in [7, 11) is -4.48. The van der Waals surface area contributed by atoms with Gasteiger partial charge in [0.25, 0.3) is 10.1 Å². The second-order valence-electron chi connectivity index (χ2n) is 1.16. The molecule has 0 amide bonds. The van der Waals surface area contributed by atoms with E-state index in [4.69, 9.17) is 0 Å². The average molecular weight is 168 g/mol. The fraction of sp³-hybridized carbons (Fsp3) is 0.333. The molecular weight excluding hydrogens is 163 g/mol. The highest BCUT2D eigenvalue weighted by Crippen LogP contribution is 2.03. The molecule has 0 bridgehead atoms. The van der Waals surface area contributed by atoms with Crippen LogP contribution in [0.3, 0.4) is 0 Å². The Labute approximate surface area is 54.9 Å². The maximum atomic E-state index is 10.3. The first-order valence-electron chi connectivity index (χ1n) is 1.97. The van der Waals surface area contributed by atoms with Crippen LogP contribution in [0.5, 0.6) is 0 Å². The first-order chi connectivity index (χ1) is 4.12. The molecular formula is C3H5O4PS. The SMILES string of the molecule is C=CCS(=O)(=O)OP=O. The lowest BCUT2D eigenvalue weighted by Gasteiger charge is -1.89. The lowest BCUT2D eigenvalue weighted by atomic mass is 10.8. The Morgan fingerprint density at radius 1 is 1.67 bits per heavy atom. The van der Waals surface area contributed by atoms with Crippen LogP contribution in [0.2, 0.25) is 0 Å². The van der Waals surface area contributed by atoms with Gasteiger partial charge in [0.1, 0.15) is 0 Å². The van der Waals surface area contributed by atoms with Gasteiger partial charge >= 0.3 is 8.69 Å². The van der Waals surface area contributed by atoms with E-state index in [9.17, 15) is 13.0 Å². The van der Waals surface area contributed by atoms with Crippen LogP contribution in [-0.2, 0) is 18.7 Å². The molecule has 0 heterocycles. The van der Waals surface area contributed by atoms with Crippen LogP contribution in [-0.4, -0.2) is 14.2 Å². The molecule has 0 aliphatic heterocycles. The zero-order chi connectivity index (χ0) is 7.33. The highest BCUT2D eigenvalue weighted by molar-refractivity contribution is 7.89. The van der Waals surface area contributed by atoms with E-state index in [0.717, 1.165) is 6.08 Å². The van der Waals surface area contributed by atoms with Crippen LogP contribution in [0.25, 0.3) is 0 Å². The molecule has 0 rings (SSSR count). The normalized spacial score (nSPS) is 11.6. The number of hydrogen-bond donors (Lipinski definition) is 0. The minimum Gasteiger partial charge on any atom is -0.239 e. The predicted molar refractivity (Wildman–Crippen MR) is 32.7 cm³/mol. The summed E-state index contributed by atoms with van der Waals surface area (Å²) in [4.78, 5) is 0. The molecule has 0 radical (unpaired) electrons. The molecule has 0 aliphatic carbocycles. The second-order valence-corrected chi connectivity index (χ2v) is 3.36. The smallest absolute Gasteiger partial charge is 0.239 e. The Kier molecular flexibility index (Phi) is 3.61. The summed E-state index contributed by atoms with van der Waals surface area (Å²) in [5.41, 5.74) is 0. The third-order valence-electron chi connectivity index (χ3n) is 0.466. The van der Waals surface area contributed by atoms with Crippen molar-refractivity contribution in [3.63, 3.8) is 0 Å². The van der Waals surface area contributed by atoms with E-state index in [2.05, 4.69) is 10.5 Å². The van der Waals surface area contributed by atoms with Crippen molar-refractivity contribution in [2.24, 2.45) is 0 Å². The van der Waals surface area contributed by atoms with Crippen molar-refractivity contribution in [1.29, 1.82) is 0 Å². The quantitative estimate of drug-likeness (QED) is 0.458. The van der Waals surface area contributed by atoms with E-state index in [0.29, 0.717) is 0 Å². The van der Waals surface area contributed by atoms with Gasteiger partial charge in [-0.25, -0.2) is 4.57 Å². The molecule has 4 nitrogen and oxygen atoms in total. The van der Waals surface area contributed by atoms with Crippen molar-refractivity contribution in [3.8, 4) is 0 Å². The van der Waals surface area contributed by atoms with Crippen molar-refractivity contribution >= 4 is 18.8 Å². The highest BCUT2D eigenvalue weighted by atomic mass is 32.2. The Hall–Kier alpha value is -0.250. The van der Waals surface area contributed by atoms with Gasteiger partial charge in [0, 0.05) is 0 Å². The number of hydrogen-bond acceptors (Lipinski definition) is 4. The lowest BCUT2D eigenvalue weighted by molar-refractivity contribution is 0.490. The summed E-state index contributed by atoms with van der Waals surface area (Å²) < 4.78 is 34.0. The van der Waals surface area contributed by atoms with E-state index < -0.39 is 18.8 Å². The first-order valence-corrected chi connectivity index (χ1v) is 4.28. The third-order valence-corrected chi connectivity index (χ3v) is 2.26. The van der Waals surface area contributed by atoms with Crippen LogP contribution < -0.4 is 0 Å². The van der Waals surface area contributed by atoms with Crippen molar-refractivity contribution in [1.82, 2.24) is 0 Å². The van der Waals surface area contributed by atoms with E-state index in [-0.39, 0.29) is 5.75 Å². The van der Waals surface area contributed by atoms with Crippen LogP contribution in [0.15, 0.2) is 12.7 Å². The summed E-state index contributed by atoms with van der Waals surface area (Å²) in [5.74, 6) is -0.317. The Morgan fingerprint density at radius 3 is 2.56 bits per heavy atom. The Balaban J connectivity index is 4.03. The highest BCUT2D eigenvalue weighted by Gasteiger charge is 2.06. The number of rotatable bonds is 4. The van der Waals surface area contributed by atoms with Gasteiger partial charge < -0.3 is 0 Å². The average Bonchev–Trinajstić information content (AvgIpc) is 1.64. The molecule has 0 N–H and O–H groups in total. The molecule has 0 aromatic heterocycles. The molecule has 0 aromatic carbocycles. The van der Waals surface area contributed by atoms with Crippen molar-refractivity contribution < 1.29 is 17.0 Å². The molecule has 0 aliphatic rings. The van der Waals surface area contributed by atoms with Crippen LogP contribution in [0, 0.1) is 0 Å². The van der Waals surface area contributed by atoms with E-state index >= 15 is 0 Å². The summed E-state index contributed by atoms with van der Waals surface area (Å²) >= 11 is 0. The second kappa shape index (κ2) is 3.71. The fourth-order valence-corrected chi connectivity index (χ4v) is 1.12. The standard InChI is InChI=1S/C3H5O4PS/c1-2-3-9(5,6)7-8-4/h2H,1,3H2. The molecule has 0 saturated carbocycles. The van der Waals surface area contributed by atoms with Gasteiger partial charge in [-0.15, -0.1) is 6.58 Å². The summed E-state index contributed by atoms with van der Waals surface area (Å²) in [5, 5.41) is 0. The van der Waals surface area contributed by atoms with Gasteiger partial charge in [0.05, 0.1) is 5.75 Å². The van der Waals surface area contributed by atoms with Gasteiger partial charge in [-0.2, -0.15) is 12.4 Å². The summed E-state index contributed by atoms with van der Waals surface area (Å²) in [6.07, 6.45) is 1.15. The molecule has 0 spiro atoms. The molecule has 0 saturated heterocycles. The van der Waals surface area contributed by atoms with Gasteiger partial charge in [0.15, 0.2) is 0 Å². The Bertz CT molecular complexity index is 178. The maximum absolute atomic E-state index is 10.3. The van der Waals surface area contributed by atoms with Crippen LogP contribution in [0.1, 0.15) is 0 Å². The monoisotopic (exact) mass is 168 g/mol. The van der Waals surface area contributed by atoms with Gasteiger partial charge in [-0.3, -0.25) is 0 Å². The van der Waals surface area contributed by atoms with Gasteiger partial charge in [0.2, 0.25) is 0 Å². The Morgan fingerprint density at radius 2 is 2.22 bits per heavy atom. The largest absolute Gasteiger partial charge is 0.343 e. The molecule has 0 atom stereocenters. The van der Waals surface area contributed by atoms with E-state index in [1.54, 1.807) is 0 Å². The minimum absolute atomic E-state index is 0.317. The predicted octanol–water partition coefficient (Wildman–Crippen LogP) is 0.726. The molecule has 9 heavy (non-hydrogen) atoms. The lowest BCUT2D eigenvalue weighted by Crippen LogP contribution is -2.01. The molecule has 6 heteroatoms. The molecule has 0 fully saturated rings. The molecule has 0 aromatic rings. The van der Waals surface area contributed by atoms with Crippen molar-refractivity contribution in [3.05, 3.63) is 12.7 Å². The first kappa shape index (κ1) is 8.75. The molecule has 52 valence electrons. The van der Waals surface area contributed by atoms with Gasteiger partial charge in [-0.1, -0.05) is 6.08 Å². The molecule has 0 unspecified atom stereocenters. The van der Waals surface area contributed by atoms with Crippen molar-refractivity contribution in [2.75, 3.05) is 5.75 Å². The van der Waals surface area contributed by atoms with Crippen LogP contribution in [0.4, 0.5) is 0 Å². The summed E-state index contributed by atoms with van der Waals surface area (Å²) in [6.45, 7) is 3.16. The minimum atomic E-state index is -3.62. The topological polar surface area (TPSA) is 60.4 Å². The maximum Gasteiger partial charge on any atom is 0.343 e. The van der Waals surface area contributed by atoms with E-state index in [1.165, 1.54) is 0 Å².